The van der Waals surface area contributed by atoms with Crippen molar-refractivity contribution in [3.8, 4) is 11.1 Å². The second-order valence-corrected chi connectivity index (χ2v) is 6.35. The highest BCUT2D eigenvalue weighted by molar-refractivity contribution is 6.30. The fourth-order valence-corrected chi connectivity index (χ4v) is 3.00. The number of hydrogen-bond acceptors (Lipinski definition) is 1. The Morgan fingerprint density at radius 2 is 1.82 bits per heavy atom. The van der Waals surface area contributed by atoms with Gasteiger partial charge in [-0.2, -0.15) is 0 Å². The van der Waals surface area contributed by atoms with E-state index >= 15 is 0 Å². The lowest BCUT2D eigenvalue weighted by Crippen LogP contribution is -2.14. The van der Waals surface area contributed by atoms with Crippen LogP contribution in [0.25, 0.3) is 16.6 Å². The van der Waals surface area contributed by atoms with Gasteiger partial charge in [-0.3, -0.25) is 0 Å². The predicted molar refractivity (Wildman–Crippen MR) is 94.7 cm³/mol. The van der Waals surface area contributed by atoms with Gasteiger partial charge in [-0.05, 0) is 69.4 Å². The zero-order valence-corrected chi connectivity index (χ0v) is 13.8. The maximum atomic E-state index is 6.03. The maximum absolute atomic E-state index is 6.03. The van der Waals surface area contributed by atoms with E-state index < -0.39 is 0 Å². The molecule has 114 valence electrons. The van der Waals surface area contributed by atoms with Gasteiger partial charge in [-0.15, -0.1) is 0 Å². The Hall–Kier alpha value is -1.77. The number of pyridine rings is 1. The molecule has 1 aromatic carbocycles. The molecule has 0 bridgehead atoms. The van der Waals surface area contributed by atoms with Gasteiger partial charge in [-0.25, -0.2) is 0 Å². The Labute approximate surface area is 136 Å². The van der Waals surface area contributed by atoms with Crippen LogP contribution in [0.3, 0.4) is 0 Å². The zero-order valence-electron chi connectivity index (χ0n) is 13.1. The quantitative estimate of drug-likeness (QED) is 0.659. The van der Waals surface area contributed by atoms with E-state index in [0.717, 1.165) is 24.4 Å². The normalized spacial score (nSPS) is 11.5. The largest absolute Gasteiger partial charge is 0.320 e. The van der Waals surface area contributed by atoms with Crippen LogP contribution in [0.4, 0.5) is 0 Å². The molecule has 0 aliphatic heterocycles. The smallest absolute Gasteiger partial charge is 0.0459 e. The highest BCUT2D eigenvalue weighted by Gasteiger charge is 2.11. The summed E-state index contributed by atoms with van der Waals surface area (Å²) in [6, 6.07) is 16.7. The molecule has 2 nitrogen and oxygen atoms in total. The van der Waals surface area contributed by atoms with Crippen LogP contribution in [0, 0.1) is 0 Å². The van der Waals surface area contributed by atoms with Crippen molar-refractivity contribution >= 4 is 17.1 Å². The molecule has 0 aliphatic carbocycles. The second-order valence-electron chi connectivity index (χ2n) is 5.91. The highest BCUT2D eigenvalue weighted by Crippen LogP contribution is 2.29. The summed E-state index contributed by atoms with van der Waals surface area (Å²) >= 11 is 6.03. The van der Waals surface area contributed by atoms with Crippen molar-refractivity contribution < 1.29 is 0 Å². The van der Waals surface area contributed by atoms with Gasteiger partial charge in [0.15, 0.2) is 0 Å². The summed E-state index contributed by atoms with van der Waals surface area (Å²) in [5, 5.41) is 0.779. The van der Waals surface area contributed by atoms with E-state index in [4.69, 9.17) is 11.6 Å². The first-order chi connectivity index (χ1) is 10.6. The Balaban J connectivity index is 2.02. The van der Waals surface area contributed by atoms with E-state index in [1.165, 1.54) is 22.3 Å². The summed E-state index contributed by atoms with van der Waals surface area (Å²) in [5.74, 6) is 0. The summed E-state index contributed by atoms with van der Waals surface area (Å²) < 4.78 is 2.31. The van der Waals surface area contributed by atoms with Crippen LogP contribution in [0.15, 0.2) is 54.7 Å². The average molecular weight is 313 g/mol. The minimum Gasteiger partial charge on any atom is -0.320 e. The molecule has 0 radical (unpaired) electrons. The molecule has 0 aliphatic rings. The summed E-state index contributed by atoms with van der Waals surface area (Å²) in [4.78, 5) is 2.23. The van der Waals surface area contributed by atoms with Crippen molar-refractivity contribution in [2.24, 2.45) is 0 Å². The summed E-state index contributed by atoms with van der Waals surface area (Å²) in [5.41, 5.74) is 5.15. The molecule has 0 unspecified atom stereocenters. The van der Waals surface area contributed by atoms with E-state index in [9.17, 15) is 0 Å². The van der Waals surface area contributed by atoms with Crippen molar-refractivity contribution in [1.82, 2.24) is 9.30 Å². The molecule has 22 heavy (non-hydrogen) atoms. The molecule has 0 saturated heterocycles. The van der Waals surface area contributed by atoms with Gasteiger partial charge in [0.1, 0.15) is 0 Å². The van der Waals surface area contributed by atoms with Crippen LogP contribution in [0.5, 0.6) is 0 Å². The fourth-order valence-electron chi connectivity index (χ4n) is 2.88. The molecule has 0 atom stereocenters. The topological polar surface area (TPSA) is 7.65 Å². The summed E-state index contributed by atoms with van der Waals surface area (Å²) in [7, 11) is 4.24. The van der Waals surface area contributed by atoms with Crippen LogP contribution in [-0.4, -0.2) is 29.9 Å². The Kier molecular flexibility index (Phi) is 4.51. The highest BCUT2D eigenvalue weighted by atomic mass is 35.5. The lowest BCUT2D eigenvalue weighted by Gasteiger charge is -2.11. The maximum Gasteiger partial charge on any atom is 0.0459 e. The van der Waals surface area contributed by atoms with Crippen molar-refractivity contribution in [3.05, 3.63) is 65.4 Å². The van der Waals surface area contributed by atoms with E-state index in [2.05, 4.69) is 66.0 Å². The first-order valence-corrected chi connectivity index (χ1v) is 8.02. The van der Waals surface area contributed by atoms with Gasteiger partial charge in [0.25, 0.3) is 0 Å². The van der Waals surface area contributed by atoms with Gasteiger partial charge >= 0.3 is 0 Å². The first kappa shape index (κ1) is 15.1. The summed E-state index contributed by atoms with van der Waals surface area (Å²) in [6.45, 7) is 1.10. The molecule has 3 rings (SSSR count). The number of aromatic nitrogens is 1. The number of fused-ring (bicyclic) bond motifs is 1. The zero-order chi connectivity index (χ0) is 15.5. The molecule has 2 aromatic heterocycles. The molecule has 2 heterocycles. The molecule has 3 heteroatoms. The van der Waals surface area contributed by atoms with Gasteiger partial charge in [-0.1, -0.05) is 29.8 Å². The Morgan fingerprint density at radius 1 is 1.05 bits per heavy atom. The van der Waals surface area contributed by atoms with E-state index in [0.29, 0.717) is 0 Å². The van der Waals surface area contributed by atoms with Crippen LogP contribution in [0.1, 0.15) is 12.1 Å². The van der Waals surface area contributed by atoms with Crippen LogP contribution >= 0.6 is 11.6 Å². The number of benzene rings is 1. The molecular formula is C19H21ClN2. The average Bonchev–Trinajstić information content (AvgIpc) is 2.87. The van der Waals surface area contributed by atoms with E-state index in [1.54, 1.807) is 0 Å². The lowest BCUT2D eigenvalue weighted by atomic mass is 10.0. The summed E-state index contributed by atoms with van der Waals surface area (Å²) in [6.07, 6.45) is 4.36. The van der Waals surface area contributed by atoms with Crippen molar-refractivity contribution in [1.29, 1.82) is 0 Å². The van der Waals surface area contributed by atoms with Crippen LogP contribution in [0.2, 0.25) is 5.02 Å². The van der Waals surface area contributed by atoms with Gasteiger partial charge in [0.2, 0.25) is 0 Å². The van der Waals surface area contributed by atoms with Gasteiger partial charge < -0.3 is 9.30 Å². The third-order valence-corrected chi connectivity index (χ3v) is 4.21. The number of hydrogen-bond donors (Lipinski definition) is 0. The Morgan fingerprint density at radius 3 is 2.55 bits per heavy atom. The SMILES string of the molecule is CN(C)CCCc1c(-c2ccc(Cl)cc2)cc2ccccn12. The van der Waals surface area contributed by atoms with Crippen LogP contribution < -0.4 is 0 Å². The third-order valence-electron chi connectivity index (χ3n) is 3.96. The number of aryl methyl sites for hydroxylation is 1. The molecule has 0 fully saturated rings. The third kappa shape index (κ3) is 3.18. The minimum atomic E-state index is 0.779. The molecule has 3 aromatic rings. The number of nitrogens with zero attached hydrogens (tertiary/aromatic N) is 2. The molecule has 0 amide bonds. The molecular weight excluding hydrogens is 292 g/mol. The van der Waals surface area contributed by atoms with E-state index in [1.807, 2.05) is 12.1 Å². The standard InChI is InChI=1S/C19H21ClN2/c1-21(2)12-5-7-19-18(15-8-10-16(20)11-9-15)14-17-6-3-4-13-22(17)19/h3-4,6,8-11,13-14H,5,7,12H2,1-2H3. The predicted octanol–water partition coefficient (Wildman–Crippen LogP) is 4.75. The monoisotopic (exact) mass is 312 g/mol. The molecule has 0 spiro atoms. The number of halogens is 1. The van der Waals surface area contributed by atoms with Crippen molar-refractivity contribution in [2.45, 2.75) is 12.8 Å². The molecule has 0 saturated carbocycles. The fraction of sp³-hybridized carbons (Fsp3) is 0.263. The lowest BCUT2D eigenvalue weighted by molar-refractivity contribution is 0.399. The van der Waals surface area contributed by atoms with Gasteiger partial charge in [0, 0.05) is 28.0 Å². The van der Waals surface area contributed by atoms with Crippen molar-refractivity contribution in [2.75, 3.05) is 20.6 Å². The van der Waals surface area contributed by atoms with Crippen LogP contribution in [-0.2, 0) is 6.42 Å². The second kappa shape index (κ2) is 6.55. The molecule has 0 N–H and O–H groups in total. The van der Waals surface area contributed by atoms with Gasteiger partial charge in [0.05, 0.1) is 0 Å². The van der Waals surface area contributed by atoms with E-state index in [-0.39, 0.29) is 0 Å². The Bertz CT molecular complexity index is 757. The van der Waals surface area contributed by atoms with Crippen molar-refractivity contribution in [3.63, 3.8) is 0 Å². The number of rotatable bonds is 5. The first-order valence-electron chi connectivity index (χ1n) is 7.65. The minimum absolute atomic E-state index is 0.779.